The summed E-state index contributed by atoms with van der Waals surface area (Å²) in [7, 11) is 0. The molecule has 0 saturated carbocycles. The lowest BCUT2D eigenvalue weighted by Crippen LogP contribution is -2.13. The Balaban J connectivity index is 2.22. The second kappa shape index (κ2) is 5.25. The molecule has 2 rings (SSSR count). The topological polar surface area (TPSA) is 54.9 Å². The molecule has 0 aliphatic rings. The minimum Gasteiger partial charge on any atom is -0.320 e. The number of amides is 1. The van der Waals surface area contributed by atoms with E-state index in [1.54, 1.807) is 5.38 Å². The van der Waals surface area contributed by atoms with E-state index in [2.05, 4.69) is 14.9 Å². The molecule has 0 aliphatic carbocycles. The average Bonchev–Trinajstić information content (AvgIpc) is 2.83. The highest BCUT2D eigenvalue weighted by Crippen LogP contribution is 2.27. The first kappa shape index (κ1) is 12.0. The summed E-state index contributed by atoms with van der Waals surface area (Å²) in [5.74, 6) is -0.275. The van der Waals surface area contributed by atoms with Crippen LogP contribution in [0.3, 0.4) is 0 Å². The molecule has 1 amide bonds. The normalized spacial score (nSPS) is 12.1. The third kappa shape index (κ3) is 2.81. The van der Waals surface area contributed by atoms with E-state index in [9.17, 15) is 4.79 Å². The third-order valence-electron chi connectivity index (χ3n) is 2.23. The molecule has 0 aliphatic heterocycles. The molecule has 1 unspecified atom stereocenters. The van der Waals surface area contributed by atoms with Gasteiger partial charge in [-0.1, -0.05) is 22.7 Å². The van der Waals surface area contributed by atoms with Gasteiger partial charge in [-0.2, -0.15) is 0 Å². The van der Waals surface area contributed by atoms with Crippen LogP contribution in [-0.4, -0.2) is 15.5 Å². The van der Waals surface area contributed by atoms with Crippen LogP contribution in [0.1, 0.15) is 28.4 Å². The third-order valence-corrected chi connectivity index (χ3v) is 2.97. The zero-order valence-corrected chi connectivity index (χ0v) is 10.6. The van der Waals surface area contributed by atoms with Crippen molar-refractivity contribution in [3.8, 4) is 0 Å². The molecule has 6 heteroatoms. The first-order valence-corrected chi connectivity index (χ1v) is 6.27. The van der Waals surface area contributed by atoms with Gasteiger partial charge in [0.15, 0.2) is 5.69 Å². The average molecular weight is 268 g/mol. The van der Waals surface area contributed by atoms with E-state index in [0.29, 0.717) is 11.4 Å². The summed E-state index contributed by atoms with van der Waals surface area (Å²) in [6, 6.07) is 7.42. The molecule has 0 radical (unpaired) electrons. The van der Waals surface area contributed by atoms with E-state index in [0.717, 1.165) is 17.1 Å². The maximum absolute atomic E-state index is 11.8. The maximum atomic E-state index is 11.8. The van der Waals surface area contributed by atoms with Crippen molar-refractivity contribution >= 4 is 34.7 Å². The van der Waals surface area contributed by atoms with Gasteiger partial charge in [0.2, 0.25) is 0 Å². The molecule has 1 aromatic heterocycles. The van der Waals surface area contributed by atoms with Crippen molar-refractivity contribution in [3.63, 3.8) is 0 Å². The fourth-order valence-electron chi connectivity index (χ4n) is 1.41. The number of para-hydroxylation sites is 1. The Kier molecular flexibility index (Phi) is 3.71. The zero-order valence-electron chi connectivity index (χ0n) is 9.05. The molecule has 88 valence electrons. The molecular formula is C11H10ClN3OS. The van der Waals surface area contributed by atoms with Crippen LogP contribution >= 0.6 is 23.1 Å². The zero-order chi connectivity index (χ0) is 12.3. The number of carbonyl (C=O) groups is 1. The van der Waals surface area contributed by atoms with Crippen molar-refractivity contribution in [2.24, 2.45) is 0 Å². The number of anilines is 1. The predicted octanol–water partition coefficient (Wildman–Crippen LogP) is 3.09. The highest BCUT2D eigenvalue weighted by atomic mass is 35.5. The van der Waals surface area contributed by atoms with Crippen LogP contribution in [0.15, 0.2) is 29.6 Å². The van der Waals surface area contributed by atoms with E-state index in [4.69, 9.17) is 11.6 Å². The van der Waals surface area contributed by atoms with Crippen molar-refractivity contribution in [2.45, 2.75) is 12.3 Å². The van der Waals surface area contributed by atoms with Gasteiger partial charge in [0.1, 0.15) is 0 Å². The number of aromatic nitrogens is 2. The SMILES string of the molecule is CC(Cl)c1ccccc1NC(=O)c1csnn1. The standard InChI is InChI=1S/C11H10ClN3OS/c1-7(12)8-4-2-3-5-9(8)13-11(16)10-6-17-15-14-10/h2-7H,1H3,(H,13,16). The van der Waals surface area contributed by atoms with Crippen LogP contribution in [0, 0.1) is 0 Å². The number of alkyl halides is 1. The van der Waals surface area contributed by atoms with Gasteiger partial charge in [-0.3, -0.25) is 4.79 Å². The van der Waals surface area contributed by atoms with Crippen LogP contribution in [0.5, 0.6) is 0 Å². The Bertz CT molecular complexity index is 513. The van der Waals surface area contributed by atoms with Crippen LogP contribution in [0.4, 0.5) is 5.69 Å². The number of rotatable bonds is 3. The highest BCUT2D eigenvalue weighted by molar-refractivity contribution is 7.03. The molecule has 0 bridgehead atoms. The van der Waals surface area contributed by atoms with Gasteiger partial charge in [0.05, 0.1) is 5.38 Å². The quantitative estimate of drug-likeness (QED) is 0.870. The lowest BCUT2D eigenvalue weighted by molar-refractivity contribution is 0.102. The number of benzene rings is 1. The summed E-state index contributed by atoms with van der Waals surface area (Å²) in [5, 5.41) is 7.92. The minimum absolute atomic E-state index is 0.167. The molecule has 4 nitrogen and oxygen atoms in total. The molecule has 2 aromatic rings. The van der Waals surface area contributed by atoms with Crippen LogP contribution in [0.2, 0.25) is 0 Å². The van der Waals surface area contributed by atoms with E-state index in [1.807, 2.05) is 31.2 Å². The second-order valence-electron chi connectivity index (χ2n) is 3.45. The van der Waals surface area contributed by atoms with Gasteiger partial charge in [-0.05, 0) is 30.1 Å². The van der Waals surface area contributed by atoms with Gasteiger partial charge in [0.25, 0.3) is 5.91 Å². The monoisotopic (exact) mass is 267 g/mol. The molecule has 0 saturated heterocycles. The van der Waals surface area contributed by atoms with Gasteiger partial charge in [-0.25, -0.2) is 0 Å². The molecule has 1 N–H and O–H groups in total. The predicted molar refractivity (Wildman–Crippen MR) is 68.6 cm³/mol. The van der Waals surface area contributed by atoms with Crippen molar-refractivity contribution in [1.29, 1.82) is 0 Å². The molecule has 1 aromatic carbocycles. The minimum atomic E-state index is -0.275. The molecule has 17 heavy (non-hydrogen) atoms. The maximum Gasteiger partial charge on any atom is 0.277 e. The summed E-state index contributed by atoms with van der Waals surface area (Å²) in [6.45, 7) is 1.86. The van der Waals surface area contributed by atoms with Crippen molar-refractivity contribution in [1.82, 2.24) is 9.59 Å². The number of hydrogen-bond donors (Lipinski definition) is 1. The Morgan fingerprint density at radius 2 is 2.24 bits per heavy atom. The summed E-state index contributed by atoms with van der Waals surface area (Å²) >= 11 is 7.18. The number of nitrogens with zero attached hydrogens (tertiary/aromatic N) is 2. The first-order chi connectivity index (χ1) is 8.18. The number of nitrogens with one attached hydrogen (secondary N) is 1. The first-order valence-electron chi connectivity index (χ1n) is 5.00. The fraction of sp³-hybridized carbons (Fsp3) is 0.182. The number of halogens is 1. The van der Waals surface area contributed by atoms with Crippen LogP contribution in [0.25, 0.3) is 0 Å². The summed E-state index contributed by atoms with van der Waals surface area (Å²) < 4.78 is 3.65. The fourth-order valence-corrected chi connectivity index (χ4v) is 2.03. The second-order valence-corrected chi connectivity index (χ2v) is 4.71. The Hall–Kier alpha value is -1.46. The Morgan fingerprint density at radius 1 is 1.47 bits per heavy atom. The molecular weight excluding hydrogens is 258 g/mol. The number of hydrogen-bond acceptors (Lipinski definition) is 4. The van der Waals surface area contributed by atoms with E-state index in [1.165, 1.54) is 0 Å². The highest BCUT2D eigenvalue weighted by Gasteiger charge is 2.13. The Labute approximate surface area is 108 Å². The largest absolute Gasteiger partial charge is 0.320 e. The summed E-state index contributed by atoms with van der Waals surface area (Å²) in [4.78, 5) is 11.8. The van der Waals surface area contributed by atoms with Gasteiger partial charge in [0, 0.05) is 11.1 Å². The number of carbonyl (C=O) groups excluding carboxylic acids is 1. The van der Waals surface area contributed by atoms with Gasteiger partial charge >= 0.3 is 0 Å². The molecule has 1 heterocycles. The van der Waals surface area contributed by atoms with Crippen molar-refractivity contribution < 1.29 is 4.79 Å². The van der Waals surface area contributed by atoms with E-state index >= 15 is 0 Å². The van der Waals surface area contributed by atoms with Crippen molar-refractivity contribution in [2.75, 3.05) is 5.32 Å². The lowest BCUT2D eigenvalue weighted by atomic mass is 10.1. The van der Waals surface area contributed by atoms with E-state index in [-0.39, 0.29) is 11.3 Å². The van der Waals surface area contributed by atoms with E-state index < -0.39 is 0 Å². The molecule has 1 atom stereocenters. The van der Waals surface area contributed by atoms with Gasteiger partial charge < -0.3 is 5.32 Å². The smallest absolute Gasteiger partial charge is 0.277 e. The molecule has 0 spiro atoms. The van der Waals surface area contributed by atoms with Crippen LogP contribution in [-0.2, 0) is 0 Å². The Morgan fingerprint density at radius 3 is 2.88 bits per heavy atom. The lowest BCUT2D eigenvalue weighted by Gasteiger charge is -2.11. The molecule has 0 fully saturated rings. The van der Waals surface area contributed by atoms with Crippen molar-refractivity contribution in [3.05, 3.63) is 40.9 Å². The van der Waals surface area contributed by atoms with Gasteiger partial charge in [-0.15, -0.1) is 16.7 Å². The van der Waals surface area contributed by atoms with Crippen LogP contribution < -0.4 is 5.32 Å². The summed E-state index contributed by atoms with van der Waals surface area (Å²) in [6.07, 6.45) is 0. The summed E-state index contributed by atoms with van der Waals surface area (Å²) in [5.41, 5.74) is 1.89.